The van der Waals surface area contributed by atoms with E-state index in [9.17, 15) is 4.79 Å². The van der Waals surface area contributed by atoms with Crippen molar-refractivity contribution in [3.63, 3.8) is 0 Å². The lowest BCUT2D eigenvalue weighted by Gasteiger charge is -2.38. The van der Waals surface area contributed by atoms with Gasteiger partial charge in [0.2, 0.25) is 0 Å². The molecule has 1 aliphatic heterocycles. The molecule has 3 rings (SSSR count). The van der Waals surface area contributed by atoms with Crippen LogP contribution in [0.2, 0.25) is 0 Å². The molecular weight excluding hydrogens is 290 g/mol. The average molecular weight is 311 g/mol. The van der Waals surface area contributed by atoms with Gasteiger partial charge in [-0.05, 0) is 31.9 Å². The van der Waals surface area contributed by atoms with Crippen molar-refractivity contribution in [3.05, 3.63) is 48.2 Å². The zero-order valence-corrected chi connectivity index (χ0v) is 13.5. The molecule has 0 N–H and O–H groups in total. The van der Waals surface area contributed by atoms with Crippen LogP contribution in [0.25, 0.3) is 0 Å². The van der Waals surface area contributed by atoms with Crippen LogP contribution in [0.3, 0.4) is 0 Å². The van der Waals surface area contributed by atoms with Gasteiger partial charge in [0.15, 0.2) is 0 Å². The van der Waals surface area contributed by atoms with Gasteiger partial charge in [0, 0.05) is 38.6 Å². The molecule has 0 saturated carbocycles. The van der Waals surface area contributed by atoms with Gasteiger partial charge in [-0.2, -0.15) is 0 Å². The summed E-state index contributed by atoms with van der Waals surface area (Å²) in [5.74, 6) is 0.888. The summed E-state index contributed by atoms with van der Waals surface area (Å²) in [5, 5.41) is 0. The number of hydrogen-bond acceptors (Lipinski definition) is 5. The van der Waals surface area contributed by atoms with Crippen LogP contribution < -0.4 is 4.90 Å². The number of hydrogen-bond donors (Lipinski definition) is 0. The van der Waals surface area contributed by atoms with E-state index in [2.05, 4.69) is 19.9 Å². The molecule has 23 heavy (non-hydrogen) atoms. The number of aromatic nitrogens is 3. The van der Waals surface area contributed by atoms with E-state index in [0.29, 0.717) is 5.69 Å². The van der Waals surface area contributed by atoms with Gasteiger partial charge in [-0.3, -0.25) is 9.78 Å². The number of rotatable bonds is 3. The van der Waals surface area contributed by atoms with Crippen LogP contribution in [0.5, 0.6) is 0 Å². The predicted molar refractivity (Wildman–Crippen MR) is 88.3 cm³/mol. The second kappa shape index (κ2) is 6.73. The summed E-state index contributed by atoms with van der Waals surface area (Å²) in [4.78, 5) is 29.4. The van der Waals surface area contributed by atoms with Crippen molar-refractivity contribution < 1.29 is 4.79 Å². The van der Waals surface area contributed by atoms with Gasteiger partial charge in [0.25, 0.3) is 5.91 Å². The maximum atomic E-state index is 12.6. The third kappa shape index (κ3) is 3.47. The maximum Gasteiger partial charge on any atom is 0.274 e. The van der Waals surface area contributed by atoms with Crippen molar-refractivity contribution in [1.82, 2.24) is 19.9 Å². The highest BCUT2D eigenvalue weighted by atomic mass is 16.2. The van der Waals surface area contributed by atoms with E-state index in [4.69, 9.17) is 0 Å². The number of carbonyl (C=O) groups is 1. The fraction of sp³-hybridized carbons (Fsp3) is 0.412. The molecule has 6 heteroatoms. The van der Waals surface area contributed by atoms with Crippen molar-refractivity contribution >= 4 is 11.7 Å². The summed E-state index contributed by atoms with van der Waals surface area (Å²) in [6.45, 7) is 3.62. The van der Waals surface area contributed by atoms with E-state index >= 15 is 0 Å². The summed E-state index contributed by atoms with van der Waals surface area (Å²) in [7, 11) is 1.84. The Morgan fingerprint density at radius 3 is 2.83 bits per heavy atom. The molecule has 0 aliphatic carbocycles. The van der Waals surface area contributed by atoms with Gasteiger partial charge in [-0.15, -0.1) is 0 Å². The van der Waals surface area contributed by atoms with E-state index in [1.54, 1.807) is 23.5 Å². The second-order valence-corrected chi connectivity index (χ2v) is 5.89. The van der Waals surface area contributed by atoms with Crippen LogP contribution in [0.4, 0.5) is 5.82 Å². The monoisotopic (exact) mass is 311 g/mol. The molecule has 120 valence electrons. The van der Waals surface area contributed by atoms with Gasteiger partial charge < -0.3 is 9.80 Å². The fourth-order valence-electron chi connectivity index (χ4n) is 2.87. The average Bonchev–Trinajstić information content (AvgIpc) is 2.62. The molecule has 0 bridgehead atoms. The summed E-state index contributed by atoms with van der Waals surface area (Å²) < 4.78 is 0. The molecule has 1 fully saturated rings. The van der Waals surface area contributed by atoms with E-state index in [-0.39, 0.29) is 11.9 Å². The molecule has 6 nitrogen and oxygen atoms in total. The van der Waals surface area contributed by atoms with Crippen molar-refractivity contribution in [2.24, 2.45) is 0 Å². The molecule has 1 aliphatic rings. The van der Waals surface area contributed by atoms with E-state index in [1.807, 2.05) is 32.2 Å². The Labute approximate surface area is 136 Å². The molecular formula is C17H21N5O. The van der Waals surface area contributed by atoms with E-state index in [0.717, 1.165) is 37.4 Å². The van der Waals surface area contributed by atoms with Gasteiger partial charge in [0.05, 0.1) is 11.9 Å². The first-order chi connectivity index (χ1) is 11.1. The van der Waals surface area contributed by atoms with Crippen LogP contribution >= 0.6 is 0 Å². The summed E-state index contributed by atoms with van der Waals surface area (Å²) in [6, 6.07) is 6.07. The minimum atomic E-state index is -0.0784. The highest BCUT2D eigenvalue weighted by molar-refractivity contribution is 5.92. The summed E-state index contributed by atoms with van der Waals surface area (Å²) in [6.07, 6.45) is 7.01. The SMILES string of the molecule is Cc1cnc(C(=O)N(C)[C@@H]2CCCN(c3ccccn3)C2)cn1. The Morgan fingerprint density at radius 2 is 2.13 bits per heavy atom. The Balaban J connectivity index is 1.70. The minimum Gasteiger partial charge on any atom is -0.355 e. The largest absolute Gasteiger partial charge is 0.355 e. The Morgan fingerprint density at radius 1 is 1.26 bits per heavy atom. The highest BCUT2D eigenvalue weighted by Crippen LogP contribution is 2.20. The van der Waals surface area contributed by atoms with Gasteiger partial charge in [-0.25, -0.2) is 9.97 Å². The molecule has 0 spiro atoms. The fourth-order valence-corrected chi connectivity index (χ4v) is 2.87. The number of aryl methyl sites for hydroxylation is 1. The maximum absolute atomic E-state index is 12.6. The lowest BCUT2D eigenvalue weighted by molar-refractivity contribution is 0.0711. The van der Waals surface area contributed by atoms with Crippen LogP contribution in [-0.4, -0.2) is 51.9 Å². The first-order valence-corrected chi connectivity index (χ1v) is 7.87. The minimum absolute atomic E-state index is 0.0784. The lowest BCUT2D eigenvalue weighted by atomic mass is 10.0. The second-order valence-electron chi connectivity index (χ2n) is 5.89. The molecule has 3 heterocycles. The first kappa shape index (κ1) is 15.4. The van der Waals surface area contributed by atoms with Gasteiger partial charge in [-0.1, -0.05) is 6.07 Å². The standard InChI is InChI=1S/C17H21N5O/c1-13-10-20-15(11-19-13)17(23)21(2)14-6-5-9-22(12-14)16-7-3-4-8-18-16/h3-4,7-8,10-11,14H,5-6,9,12H2,1-2H3/t14-/m1/s1. The topological polar surface area (TPSA) is 62.2 Å². The number of anilines is 1. The number of likely N-dealkylation sites (N-methyl/N-ethyl adjacent to an activating group) is 1. The number of amides is 1. The molecule has 0 unspecified atom stereocenters. The molecule has 2 aromatic heterocycles. The smallest absolute Gasteiger partial charge is 0.274 e. The number of pyridine rings is 1. The van der Waals surface area contributed by atoms with Crippen molar-refractivity contribution in [2.45, 2.75) is 25.8 Å². The molecule has 1 amide bonds. The van der Waals surface area contributed by atoms with Crippen LogP contribution in [-0.2, 0) is 0 Å². The molecule has 1 saturated heterocycles. The van der Waals surface area contributed by atoms with Gasteiger partial charge in [0.1, 0.15) is 11.5 Å². The van der Waals surface area contributed by atoms with Crippen LogP contribution in [0, 0.1) is 6.92 Å². The van der Waals surface area contributed by atoms with Gasteiger partial charge >= 0.3 is 0 Å². The molecule has 0 radical (unpaired) electrons. The van der Waals surface area contributed by atoms with Crippen molar-refractivity contribution in [2.75, 3.05) is 25.0 Å². The Bertz CT molecular complexity index is 658. The summed E-state index contributed by atoms with van der Waals surface area (Å²) >= 11 is 0. The van der Waals surface area contributed by atoms with Crippen LogP contribution in [0.15, 0.2) is 36.8 Å². The third-order valence-electron chi connectivity index (χ3n) is 4.24. The first-order valence-electron chi connectivity index (χ1n) is 7.87. The van der Waals surface area contributed by atoms with Crippen LogP contribution in [0.1, 0.15) is 29.0 Å². The highest BCUT2D eigenvalue weighted by Gasteiger charge is 2.27. The zero-order valence-electron chi connectivity index (χ0n) is 13.5. The predicted octanol–water partition coefficient (Wildman–Crippen LogP) is 1.92. The Kier molecular flexibility index (Phi) is 4.50. The quantitative estimate of drug-likeness (QED) is 0.866. The zero-order chi connectivity index (χ0) is 16.2. The van der Waals surface area contributed by atoms with Crippen molar-refractivity contribution in [1.29, 1.82) is 0 Å². The normalized spacial score (nSPS) is 17.8. The third-order valence-corrected chi connectivity index (χ3v) is 4.24. The summed E-state index contributed by atoms with van der Waals surface area (Å²) in [5.41, 5.74) is 1.20. The number of carbonyl (C=O) groups excluding carboxylic acids is 1. The molecule has 2 aromatic rings. The van der Waals surface area contributed by atoms with E-state index < -0.39 is 0 Å². The molecule has 0 aromatic carbocycles. The lowest BCUT2D eigenvalue weighted by Crippen LogP contribution is -2.49. The Hall–Kier alpha value is -2.50. The number of nitrogens with zero attached hydrogens (tertiary/aromatic N) is 5. The molecule has 1 atom stereocenters. The number of piperidine rings is 1. The van der Waals surface area contributed by atoms with E-state index in [1.165, 1.54) is 0 Å². The van der Waals surface area contributed by atoms with Crippen molar-refractivity contribution in [3.8, 4) is 0 Å².